The summed E-state index contributed by atoms with van der Waals surface area (Å²) >= 11 is 3.22. The van der Waals surface area contributed by atoms with Crippen LogP contribution in [0.4, 0.5) is 4.79 Å². The molecule has 114 valence electrons. The molecule has 2 aromatic rings. The predicted molar refractivity (Wildman–Crippen MR) is 86.8 cm³/mol. The normalized spacial score (nSPS) is 12.2. The number of carbonyl (C=O) groups is 1. The summed E-state index contributed by atoms with van der Waals surface area (Å²) in [6.45, 7) is 6.53. The molecule has 0 aromatic carbocycles. The molecule has 0 spiro atoms. The molecule has 2 heterocycles. The van der Waals surface area contributed by atoms with Crippen LogP contribution in [0.15, 0.2) is 11.6 Å². The van der Waals surface area contributed by atoms with Crippen molar-refractivity contribution in [3.63, 3.8) is 0 Å². The molecule has 0 unspecified atom stereocenters. The number of nitrogens with zero attached hydrogens (tertiary/aromatic N) is 3. The van der Waals surface area contributed by atoms with Crippen molar-refractivity contribution in [3.05, 3.63) is 32.2 Å². The number of aromatic nitrogens is 2. The van der Waals surface area contributed by atoms with Crippen molar-refractivity contribution in [2.24, 2.45) is 0 Å². The zero-order valence-corrected chi connectivity index (χ0v) is 14.3. The molecule has 0 aliphatic carbocycles. The van der Waals surface area contributed by atoms with Crippen molar-refractivity contribution in [2.75, 3.05) is 7.05 Å². The minimum absolute atomic E-state index is 0.0823. The fourth-order valence-corrected chi connectivity index (χ4v) is 3.51. The Morgan fingerprint density at radius 2 is 2.29 bits per heavy atom. The van der Waals surface area contributed by atoms with Crippen molar-refractivity contribution >= 4 is 28.7 Å². The molecule has 1 atom stereocenters. The fraction of sp³-hybridized carbons (Fsp3) is 0.500. The first-order chi connectivity index (χ1) is 9.99. The average molecular weight is 324 g/mol. The molecular weight excluding hydrogens is 304 g/mol. The van der Waals surface area contributed by atoms with Gasteiger partial charge in [-0.1, -0.05) is 6.92 Å². The Morgan fingerprint density at radius 3 is 2.86 bits per heavy atom. The molecule has 2 rings (SSSR count). The molecule has 21 heavy (non-hydrogen) atoms. The summed E-state index contributed by atoms with van der Waals surface area (Å²) in [5, 5.41) is 6.84. The monoisotopic (exact) mass is 324 g/mol. The van der Waals surface area contributed by atoms with Gasteiger partial charge in [0.2, 0.25) is 0 Å². The molecule has 0 aliphatic rings. The van der Waals surface area contributed by atoms with Crippen molar-refractivity contribution in [3.8, 4) is 0 Å². The highest BCUT2D eigenvalue weighted by Crippen LogP contribution is 2.18. The molecular formula is C14H20N4OS2. The van der Waals surface area contributed by atoms with Crippen molar-refractivity contribution < 1.29 is 4.79 Å². The Hall–Kier alpha value is -1.47. The van der Waals surface area contributed by atoms with Gasteiger partial charge in [0.1, 0.15) is 10.0 Å². The second kappa shape index (κ2) is 7.00. The van der Waals surface area contributed by atoms with E-state index in [4.69, 9.17) is 0 Å². The van der Waals surface area contributed by atoms with Crippen LogP contribution in [0.1, 0.15) is 40.5 Å². The van der Waals surface area contributed by atoms with E-state index in [-0.39, 0.29) is 12.1 Å². The van der Waals surface area contributed by atoms with Crippen LogP contribution in [0.2, 0.25) is 0 Å². The van der Waals surface area contributed by atoms with Gasteiger partial charge in [-0.25, -0.2) is 14.8 Å². The molecule has 2 amide bonds. The Labute approximate surface area is 133 Å². The largest absolute Gasteiger partial charge is 0.329 e. The average Bonchev–Trinajstić information content (AvgIpc) is 3.07. The Balaban J connectivity index is 1.90. The van der Waals surface area contributed by atoms with Gasteiger partial charge in [0.15, 0.2) is 0 Å². The molecule has 7 heteroatoms. The van der Waals surface area contributed by atoms with Gasteiger partial charge >= 0.3 is 6.03 Å². The van der Waals surface area contributed by atoms with E-state index < -0.39 is 0 Å². The SMILES string of the molecule is CCc1cnc(CN(C)C(=O)N[C@H](C)c2nc(C)cs2)s1. The summed E-state index contributed by atoms with van der Waals surface area (Å²) < 4.78 is 0. The fourth-order valence-electron chi connectivity index (χ4n) is 1.79. The summed E-state index contributed by atoms with van der Waals surface area (Å²) in [6.07, 6.45) is 2.86. The third-order valence-corrected chi connectivity index (χ3v) is 5.29. The van der Waals surface area contributed by atoms with Gasteiger partial charge in [0.25, 0.3) is 0 Å². The van der Waals surface area contributed by atoms with Gasteiger partial charge in [-0.05, 0) is 20.3 Å². The molecule has 2 aromatic heterocycles. The minimum Gasteiger partial charge on any atom is -0.329 e. The van der Waals surface area contributed by atoms with Crippen LogP contribution in [0.3, 0.4) is 0 Å². The lowest BCUT2D eigenvalue weighted by atomic mass is 10.3. The van der Waals surface area contributed by atoms with Crippen LogP contribution >= 0.6 is 22.7 Å². The Morgan fingerprint density at radius 1 is 1.52 bits per heavy atom. The number of carbonyl (C=O) groups excluding carboxylic acids is 1. The van der Waals surface area contributed by atoms with E-state index in [1.807, 2.05) is 25.4 Å². The summed E-state index contributed by atoms with van der Waals surface area (Å²) in [7, 11) is 1.78. The van der Waals surface area contributed by atoms with E-state index in [0.717, 1.165) is 22.1 Å². The summed E-state index contributed by atoms with van der Waals surface area (Å²) in [6, 6.07) is -0.190. The van der Waals surface area contributed by atoms with Crippen molar-refractivity contribution in [1.29, 1.82) is 0 Å². The standard InChI is InChI=1S/C14H20N4OS2/c1-5-11-6-15-12(21-11)7-18(4)14(19)17-10(3)13-16-9(2)8-20-13/h6,8,10H,5,7H2,1-4H3,(H,17,19)/t10-/m1/s1. The molecule has 0 bridgehead atoms. The zero-order chi connectivity index (χ0) is 15.4. The quantitative estimate of drug-likeness (QED) is 0.917. The first-order valence-corrected chi connectivity index (χ1v) is 8.56. The number of hydrogen-bond donors (Lipinski definition) is 1. The second-order valence-electron chi connectivity index (χ2n) is 4.93. The molecule has 0 saturated carbocycles. The molecule has 1 N–H and O–H groups in total. The summed E-state index contributed by atoms with van der Waals surface area (Å²) in [5.74, 6) is 0. The number of urea groups is 1. The van der Waals surface area contributed by atoms with E-state index in [9.17, 15) is 4.79 Å². The van der Waals surface area contributed by atoms with Gasteiger partial charge in [-0.15, -0.1) is 22.7 Å². The van der Waals surface area contributed by atoms with E-state index >= 15 is 0 Å². The van der Waals surface area contributed by atoms with Crippen LogP contribution < -0.4 is 5.32 Å². The maximum atomic E-state index is 12.2. The highest BCUT2D eigenvalue weighted by molar-refractivity contribution is 7.11. The number of nitrogens with one attached hydrogen (secondary N) is 1. The lowest BCUT2D eigenvalue weighted by Crippen LogP contribution is -2.38. The Bertz CT molecular complexity index is 608. The third-order valence-electron chi connectivity index (χ3n) is 3.02. The van der Waals surface area contributed by atoms with Gasteiger partial charge in [-0.3, -0.25) is 0 Å². The van der Waals surface area contributed by atoms with Crippen LogP contribution in [0, 0.1) is 6.92 Å². The molecule has 0 fully saturated rings. The van der Waals surface area contributed by atoms with Crippen LogP contribution in [-0.4, -0.2) is 27.9 Å². The predicted octanol–water partition coefficient (Wildman–Crippen LogP) is 3.37. The van der Waals surface area contributed by atoms with Gasteiger partial charge in [-0.2, -0.15) is 0 Å². The van der Waals surface area contributed by atoms with E-state index in [1.165, 1.54) is 4.88 Å². The Kier molecular flexibility index (Phi) is 5.30. The topological polar surface area (TPSA) is 58.1 Å². The number of rotatable bonds is 5. The highest BCUT2D eigenvalue weighted by atomic mass is 32.1. The molecule has 0 saturated heterocycles. The number of hydrogen-bond acceptors (Lipinski definition) is 5. The summed E-state index contributed by atoms with van der Waals surface area (Å²) in [5.41, 5.74) is 0.985. The second-order valence-corrected chi connectivity index (χ2v) is 7.02. The van der Waals surface area contributed by atoms with Gasteiger partial charge < -0.3 is 10.2 Å². The maximum absolute atomic E-state index is 12.2. The molecule has 5 nitrogen and oxygen atoms in total. The van der Waals surface area contributed by atoms with E-state index in [1.54, 1.807) is 34.6 Å². The lowest BCUT2D eigenvalue weighted by molar-refractivity contribution is 0.203. The summed E-state index contributed by atoms with van der Waals surface area (Å²) in [4.78, 5) is 23.8. The first kappa shape index (κ1) is 15.9. The number of thiazole rings is 2. The van der Waals surface area contributed by atoms with Gasteiger partial charge in [0, 0.05) is 29.2 Å². The lowest BCUT2D eigenvalue weighted by Gasteiger charge is -2.19. The smallest absolute Gasteiger partial charge is 0.318 e. The number of amides is 2. The van der Waals surface area contributed by atoms with Crippen LogP contribution in [-0.2, 0) is 13.0 Å². The highest BCUT2D eigenvalue weighted by Gasteiger charge is 2.16. The van der Waals surface area contributed by atoms with Crippen molar-refractivity contribution in [2.45, 2.75) is 39.8 Å². The maximum Gasteiger partial charge on any atom is 0.318 e. The minimum atomic E-state index is -0.108. The molecule has 0 radical (unpaired) electrons. The van der Waals surface area contributed by atoms with E-state index in [0.29, 0.717) is 6.54 Å². The van der Waals surface area contributed by atoms with Crippen LogP contribution in [0.25, 0.3) is 0 Å². The van der Waals surface area contributed by atoms with E-state index in [2.05, 4.69) is 22.2 Å². The molecule has 0 aliphatic heterocycles. The first-order valence-electron chi connectivity index (χ1n) is 6.86. The number of aryl methyl sites for hydroxylation is 2. The van der Waals surface area contributed by atoms with Gasteiger partial charge in [0.05, 0.1) is 12.6 Å². The third kappa shape index (κ3) is 4.25. The van der Waals surface area contributed by atoms with Crippen molar-refractivity contribution in [1.82, 2.24) is 20.2 Å². The van der Waals surface area contributed by atoms with Crippen LogP contribution in [0.5, 0.6) is 0 Å². The zero-order valence-electron chi connectivity index (χ0n) is 12.7.